The average Bonchev–Trinajstić information content (AvgIpc) is 2.38. The highest BCUT2D eigenvalue weighted by Crippen LogP contribution is 2.09. The van der Waals surface area contributed by atoms with E-state index >= 15 is 0 Å². The first-order valence-corrected chi connectivity index (χ1v) is 4.83. The molecule has 1 heterocycles. The molecule has 1 aromatic heterocycles. The lowest BCUT2D eigenvalue weighted by Crippen LogP contribution is -1.96. The van der Waals surface area contributed by atoms with Crippen LogP contribution in [0.5, 0.6) is 5.88 Å². The van der Waals surface area contributed by atoms with E-state index in [2.05, 4.69) is 11.1 Å². The Morgan fingerprint density at radius 1 is 1.31 bits per heavy atom. The molecule has 0 bridgehead atoms. The summed E-state index contributed by atoms with van der Waals surface area (Å²) in [6, 6.07) is 16.1. The van der Waals surface area contributed by atoms with Crippen LogP contribution in [-0.4, -0.2) is 4.98 Å². The predicted molar refractivity (Wildman–Crippen MR) is 58.6 cm³/mol. The number of benzene rings is 1. The summed E-state index contributed by atoms with van der Waals surface area (Å²) in [6.07, 6.45) is 1.44. The van der Waals surface area contributed by atoms with Gasteiger partial charge in [0.05, 0.1) is 5.56 Å². The molecule has 0 aliphatic heterocycles. The topological polar surface area (TPSA) is 45.9 Å². The molecule has 1 aromatic carbocycles. The summed E-state index contributed by atoms with van der Waals surface area (Å²) in [4.78, 5) is 3.99. The third-order valence-electron chi connectivity index (χ3n) is 2.02. The molecule has 0 fully saturated rings. The summed E-state index contributed by atoms with van der Waals surface area (Å²) in [7, 11) is 0. The summed E-state index contributed by atoms with van der Waals surface area (Å²) in [5.74, 6) is 0.475. The molecule has 77 valence electrons. The number of hydrogen-bond acceptors (Lipinski definition) is 3. The van der Waals surface area contributed by atoms with Crippen LogP contribution in [0.1, 0.15) is 11.1 Å². The van der Waals surface area contributed by atoms with Gasteiger partial charge >= 0.3 is 0 Å². The molecule has 0 N–H and O–H groups in total. The van der Waals surface area contributed by atoms with Crippen LogP contribution in [0, 0.1) is 17.4 Å². The maximum atomic E-state index is 8.57. The van der Waals surface area contributed by atoms with Gasteiger partial charge in [-0.25, -0.2) is 4.98 Å². The number of nitrogens with zero attached hydrogens (tertiary/aromatic N) is 2. The van der Waals surface area contributed by atoms with E-state index in [1.165, 1.54) is 6.20 Å². The summed E-state index contributed by atoms with van der Waals surface area (Å²) >= 11 is 0. The first kappa shape index (κ1) is 10.2. The molecular weight excluding hydrogens is 200 g/mol. The van der Waals surface area contributed by atoms with Crippen molar-refractivity contribution < 1.29 is 4.74 Å². The molecule has 0 aliphatic carbocycles. The van der Waals surface area contributed by atoms with Crippen molar-refractivity contribution in [2.75, 3.05) is 0 Å². The molecule has 16 heavy (non-hydrogen) atoms. The minimum absolute atomic E-state index is 0.409. The number of aromatic nitrogens is 1. The second-order valence-electron chi connectivity index (χ2n) is 3.18. The zero-order valence-electron chi connectivity index (χ0n) is 8.55. The molecule has 1 radical (unpaired) electrons. The highest BCUT2D eigenvalue weighted by Gasteiger charge is 1.97. The van der Waals surface area contributed by atoms with Crippen molar-refractivity contribution in [1.82, 2.24) is 4.98 Å². The van der Waals surface area contributed by atoms with Gasteiger partial charge in [0.15, 0.2) is 0 Å². The summed E-state index contributed by atoms with van der Waals surface area (Å²) in [5.41, 5.74) is 1.49. The van der Waals surface area contributed by atoms with Gasteiger partial charge in [0.1, 0.15) is 12.7 Å². The van der Waals surface area contributed by atoms with E-state index in [0.717, 1.165) is 5.56 Å². The fourth-order valence-electron chi connectivity index (χ4n) is 1.21. The fourth-order valence-corrected chi connectivity index (χ4v) is 1.21. The van der Waals surface area contributed by atoms with E-state index in [1.54, 1.807) is 6.07 Å². The van der Waals surface area contributed by atoms with E-state index in [-0.39, 0.29) is 0 Å². The third-order valence-corrected chi connectivity index (χ3v) is 2.02. The van der Waals surface area contributed by atoms with Crippen LogP contribution in [0.3, 0.4) is 0 Å². The molecule has 0 unspecified atom stereocenters. The summed E-state index contributed by atoms with van der Waals surface area (Å²) in [5, 5.41) is 8.57. The minimum Gasteiger partial charge on any atom is -0.473 e. The van der Waals surface area contributed by atoms with Gasteiger partial charge in [-0.2, -0.15) is 5.26 Å². The Kier molecular flexibility index (Phi) is 3.15. The zero-order valence-corrected chi connectivity index (χ0v) is 8.55. The maximum Gasteiger partial charge on any atom is 0.214 e. The van der Waals surface area contributed by atoms with Crippen LogP contribution in [-0.2, 0) is 6.61 Å². The van der Waals surface area contributed by atoms with Crippen molar-refractivity contribution in [3.8, 4) is 11.9 Å². The SMILES string of the molecule is N#Cc1[c]cc(OCc2ccccc2)nc1. The van der Waals surface area contributed by atoms with Crippen molar-refractivity contribution in [3.05, 3.63) is 59.8 Å². The van der Waals surface area contributed by atoms with E-state index in [1.807, 2.05) is 36.4 Å². The highest BCUT2D eigenvalue weighted by molar-refractivity contribution is 5.27. The van der Waals surface area contributed by atoms with Gasteiger partial charge in [0.2, 0.25) is 5.88 Å². The number of ether oxygens (including phenoxy) is 1. The van der Waals surface area contributed by atoms with Crippen LogP contribution in [0.2, 0.25) is 0 Å². The second kappa shape index (κ2) is 4.94. The van der Waals surface area contributed by atoms with Gasteiger partial charge < -0.3 is 4.74 Å². The van der Waals surface area contributed by atoms with Gasteiger partial charge in [0, 0.05) is 18.3 Å². The lowest BCUT2D eigenvalue weighted by atomic mass is 10.2. The predicted octanol–water partition coefficient (Wildman–Crippen LogP) is 2.33. The highest BCUT2D eigenvalue weighted by atomic mass is 16.5. The van der Waals surface area contributed by atoms with Crippen molar-refractivity contribution >= 4 is 0 Å². The number of pyridine rings is 1. The van der Waals surface area contributed by atoms with Gasteiger partial charge in [-0.05, 0) is 5.56 Å². The zero-order chi connectivity index (χ0) is 11.2. The molecule has 2 rings (SSSR count). The molecule has 0 amide bonds. The van der Waals surface area contributed by atoms with Crippen molar-refractivity contribution in [2.45, 2.75) is 6.61 Å². The Morgan fingerprint density at radius 3 is 2.75 bits per heavy atom. The Balaban J connectivity index is 1.98. The van der Waals surface area contributed by atoms with Gasteiger partial charge in [-0.1, -0.05) is 30.3 Å². The molecule has 0 aliphatic rings. The fraction of sp³-hybridized carbons (Fsp3) is 0.0769. The largest absolute Gasteiger partial charge is 0.473 e. The maximum absolute atomic E-state index is 8.57. The molecule has 3 nitrogen and oxygen atoms in total. The first-order valence-electron chi connectivity index (χ1n) is 4.83. The average molecular weight is 209 g/mol. The lowest BCUT2D eigenvalue weighted by Gasteiger charge is -2.04. The van der Waals surface area contributed by atoms with Crippen molar-refractivity contribution in [2.24, 2.45) is 0 Å². The van der Waals surface area contributed by atoms with Crippen LogP contribution < -0.4 is 4.74 Å². The summed E-state index contributed by atoms with van der Waals surface area (Å²) in [6.45, 7) is 0.466. The number of hydrogen-bond donors (Lipinski definition) is 0. The molecule has 3 heteroatoms. The summed E-state index contributed by atoms with van der Waals surface area (Å²) < 4.78 is 5.44. The van der Waals surface area contributed by atoms with Crippen molar-refractivity contribution in [3.63, 3.8) is 0 Å². The standard InChI is InChI=1S/C13H9N2O/c14-8-12-6-7-13(15-9-12)16-10-11-4-2-1-3-5-11/h1-5,7,9H,10H2. The number of nitriles is 1. The van der Waals surface area contributed by atoms with E-state index in [4.69, 9.17) is 10.00 Å². The third kappa shape index (κ3) is 2.58. The van der Waals surface area contributed by atoms with E-state index in [0.29, 0.717) is 18.1 Å². The smallest absolute Gasteiger partial charge is 0.214 e. The van der Waals surface area contributed by atoms with Crippen LogP contribution >= 0.6 is 0 Å². The molecule has 0 saturated carbocycles. The van der Waals surface area contributed by atoms with Gasteiger partial charge in [0.25, 0.3) is 0 Å². The van der Waals surface area contributed by atoms with Crippen LogP contribution in [0.25, 0.3) is 0 Å². The van der Waals surface area contributed by atoms with Gasteiger partial charge in [-0.15, -0.1) is 0 Å². The molecule has 0 saturated heterocycles. The molecular formula is C13H9N2O. The van der Waals surface area contributed by atoms with Crippen LogP contribution in [0.4, 0.5) is 0 Å². The minimum atomic E-state index is 0.409. The normalized spacial score (nSPS) is 9.44. The molecule has 0 atom stereocenters. The van der Waals surface area contributed by atoms with E-state index < -0.39 is 0 Å². The molecule has 0 spiro atoms. The first-order chi connectivity index (χ1) is 7.88. The monoisotopic (exact) mass is 209 g/mol. The van der Waals surface area contributed by atoms with Crippen molar-refractivity contribution in [1.29, 1.82) is 5.26 Å². The lowest BCUT2D eigenvalue weighted by molar-refractivity contribution is 0.294. The quantitative estimate of drug-likeness (QED) is 0.779. The van der Waals surface area contributed by atoms with Gasteiger partial charge in [-0.3, -0.25) is 0 Å². The Bertz CT molecular complexity index is 486. The Labute approximate surface area is 93.9 Å². The van der Waals surface area contributed by atoms with E-state index in [9.17, 15) is 0 Å². The Hall–Kier alpha value is -2.34. The second-order valence-corrected chi connectivity index (χ2v) is 3.18. The molecule has 2 aromatic rings. The Morgan fingerprint density at radius 2 is 2.12 bits per heavy atom. The van der Waals surface area contributed by atoms with Crippen LogP contribution in [0.15, 0.2) is 42.6 Å². The number of rotatable bonds is 3.